The lowest BCUT2D eigenvalue weighted by atomic mass is 10.0. The number of unbranched alkanes of at least 4 members (excludes halogenated alkanes) is 8. The van der Waals surface area contributed by atoms with Crippen molar-refractivity contribution < 1.29 is 29.0 Å². The van der Waals surface area contributed by atoms with Gasteiger partial charge < -0.3 is 14.6 Å². The van der Waals surface area contributed by atoms with E-state index in [4.69, 9.17) is 9.47 Å². The number of carbonyl (C=O) groups excluding carboxylic acids is 2. The molecule has 0 fully saturated rings. The monoisotopic (exact) mass is 490 g/mol. The minimum atomic E-state index is -1.17. The zero-order chi connectivity index (χ0) is 26.1. The summed E-state index contributed by atoms with van der Waals surface area (Å²) in [5.41, 5.74) is -0.0776. The predicted molar refractivity (Wildman–Crippen MR) is 139 cm³/mol. The first-order chi connectivity index (χ1) is 16.7. The van der Waals surface area contributed by atoms with E-state index in [1.807, 2.05) is 0 Å². The Morgan fingerprint density at radius 3 is 1.54 bits per heavy atom. The lowest BCUT2D eigenvalue weighted by Gasteiger charge is -2.11. The van der Waals surface area contributed by atoms with Crippen molar-refractivity contribution in [2.24, 2.45) is 11.8 Å². The first-order valence-electron chi connectivity index (χ1n) is 13.4. The van der Waals surface area contributed by atoms with Gasteiger partial charge in [0.25, 0.3) is 0 Å². The molecule has 0 aromatic heterocycles. The van der Waals surface area contributed by atoms with Gasteiger partial charge in [0.2, 0.25) is 0 Å². The van der Waals surface area contributed by atoms with Crippen LogP contribution in [0.3, 0.4) is 0 Å². The quantitative estimate of drug-likeness (QED) is 0.158. The molecule has 0 atom stereocenters. The van der Waals surface area contributed by atoms with Crippen LogP contribution in [-0.4, -0.2) is 36.2 Å². The standard InChI is InChI=1S/C29H46O6/c1-22(2)15-11-7-5-9-13-19-34-28(32)25-18-17-24(27(30)31)21-26(25)29(33)35-20-14-10-6-8-12-16-23(3)4/h17-18,21-23H,5-16,19-20H2,1-4H3,(H,30,31). The molecule has 198 valence electrons. The summed E-state index contributed by atoms with van der Waals surface area (Å²) in [4.78, 5) is 36.6. The molecule has 1 aromatic carbocycles. The third kappa shape index (κ3) is 13.9. The SMILES string of the molecule is CC(C)CCCCCCCOC(=O)c1ccc(C(=O)O)cc1C(=O)OCCCCCCCC(C)C. The molecule has 35 heavy (non-hydrogen) atoms. The Labute approximate surface area is 211 Å². The number of carboxylic acids is 1. The Balaban J connectivity index is 2.50. The number of hydrogen-bond acceptors (Lipinski definition) is 5. The third-order valence-corrected chi connectivity index (χ3v) is 6.02. The molecular weight excluding hydrogens is 444 g/mol. The zero-order valence-electron chi connectivity index (χ0n) is 22.3. The molecule has 0 bridgehead atoms. The first kappa shape index (κ1) is 30.7. The van der Waals surface area contributed by atoms with Crippen LogP contribution in [0.15, 0.2) is 18.2 Å². The molecule has 0 aliphatic heterocycles. The van der Waals surface area contributed by atoms with E-state index in [0.29, 0.717) is 0 Å². The van der Waals surface area contributed by atoms with Gasteiger partial charge in [0.05, 0.1) is 29.9 Å². The molecule has 0 heterocycles. The van der Waals surface area contributed by atoms with E-state index in [1.165, 1.54) is 56.7 Å². The fourth-order valence-electron chi connectivity index (χ4n) is 3.88. The van der Waals surface area contributed by atoms with Crippen LogP contribution in [0.25, 0.3) is 0 Å². The van der Waals surface area contributed by atoms with Gasteiger partial charge in [0, 0.05) is 0 Å². The molecule has 1 aromatic rings. The fourth-order valence-corrected chi connectivity index (χ4v) is 3.88. The molecule has 0 aliphatic carbocycles. The van der Waals surface area contributed by atoms with E-state index in [-0.39, 0.29) is 29.9 Å². The van der Waals surface area contributed by atoms with Crippen LogP contribution < -0.4 is 0 Å². The van der Waals surface area contributed by atoms with Crippen molar-refractivity contribution in [3.05, 3.63) is 34.9 Å². The van der Waals surface area contributed by atoms with E-state index in [2.05, 4.69) is 27.7 Å². The van der Waals surface area contributed by atoms with Gasteiger partial charge in [-0.1, -0.05) is 91.9 Å². The van der Waals surface area contributed by atoms with Crippen molar-refractivity contribution in [3.8, 4) is 0 Å². The second kappa shape index (κ2) is 18.0. The lowest BCUT2D eigenvalue weighted by Crippen LogP contribution is -2.16. The Morgan fingerprint density at radius 2 is 1.09 bits per heavy atom. The average molecular weight is 491 g/mol. The Bertz CT molecular complexity index is 768. The summed E-state index contributed by atoms with van der Waals surface area (Å²) in [6.45, 7) is 9.41. The molecule has 0 aliphatic rings. The number of carbonyl (C=O) groups is 3. The summed E-state index contributed by atoms with van der Waals surface area (Å²) in [6.07, 6.45) is 12.9. The lowest BCUT2D eigenvalue weighted by molar-refractivity contribution is 0.0450. The molecule has 6 nitrogen and oxygen atoms in total. The van der Waals surface area contributed by atoms with Crippen LogP contribution in [0.4, 0.5) is 0 Å². The van der Waals surface area contributed by atoms with Crippen molar-refractivity contribution >= 4 is 17.9 Å². The number of benzene rings is 1. The Morgan fingerprint density at radius 1 is 0.657 bits per heavy atom. The van der Waals surface area contributed by atoms with Gasteiger partial charge in [-0.3, -0.25) is 0 Å². The molecule has 0 radical (unpaired) electrons. The summed E-state index contributed by atoms with van der Waals surface area (Å²) < 4.78 is 10.7. The van der Waals surface area contributed by atoms with E-state index in [1.54, 1.807) is 0 Å². The number of carboxylic acid groups (broad SMARTS) is 1. The summed E-state index contributed by atoms with van der Waals surface area (Å²) in [7, 11) is 0. The van der Waals surface area contributed by atoms with E-state index in [0.717, 1.165) is 50.4 Å². The van der Waals surface area contributed by atoms with Gasteiger partial charge in [0.15, 0.2) is 0 Å². The molecule has 1 N–H and O–H groups in total. The normalized spacial score (nSPS) is 11.1. The van der Waals surface area contributed by atoms with Crippen LogP contribution >= 0.6 is 0 Å². The number of rotatable bonds is 19. The van der Waals surface area contributed by atoms with Gasteiger partial charge >= 0.3 is 17.9 Å². The number of esters is 2. The van der Waals surface area contributed by atoms with Crippen LogP contribution in [-0.2, 0) is 9.47 Å². The van der Waals surface area contributed by atoms with E-state index in [9.17, 15) is 19.5 Å². The smallest absolute Gasteiger partial charge is 0.339 e. The highest BCUT2D eigenvalue weighted by molar-refractivity contribution is 6.05. The molecule has 0 unspecified atom stereocenters. The maximum Gasteiger partial charge on any atom is 0.339 e. The highest BCUT2D eigenvalue weighted by atomic mass is 16.5. The Kier molecular flexibility index (Phi) is 15.7. The van der Waals surface area contributed by atoms with Crippen molar-refractivity contribution in [1.82, 2.24) is 0 Å². The zero-order valence-corrected chi connectivity index (χ0v) is 22.3. The molecule has 0 spiro atoms. The van der Waals surface area contributed by atoms with Gasteiger partial charge in [-0.15, -0.1) is 0 Å². The summed E-state index contributed by atoms with van der Waals surface area (Å²) in [6, 6.07) is 3.84. The summed E-state index contributed by atoms with van der Waals surface area (Å²) in [5, 5.41) is 9.30. The van der Waals surface area contributed by atoms with Crippen molar-refractivity contribution in [1.29, 1.82) is 0 Å². The molecule has 0 amide bonds. The topological polar surface area (TPSA) is 89.9 Å². The number of hydrogen-bond donors (Lipinski definition) is 1. The second-order valence-electron chi connectivity index (χ2n) is 10.2. The van der Waals surface area contributed by atoms with Crippen LogP contribution in [0.1, 0.15) is 136 Å². The van der Waals surface area contributed by atoms with Gasteiger partial charge in [-0.25, -0.2) is 14.4 Å². The van der Waals surface area contributed by atoms with E-state index >= 15 is 0 Å². The predicted octanol–water partition coefficient (Wildman–Crippen LogP) is 7.69. The maximum atomic E-state index is 12.7. The number of ether oxygens (including phenoxy) is 2. The average Bonchev–Trinajstić information content (AvgIpc) is 2.81. The molecule has 0 saturated carbocycles. The van der Waals surface area contributed by atoms with Gasteiger partial charge in [-0.2, -0.15) is 0 Å². The number of aromatic carboxylic acids is 1. The van der Waals surface area contributed by atoms with Gasteiger partial charge in [0.1, 0.15) is 0 Å². The highest BCUT2D eigenvalue weighted by Gasteiger charge is 2.21. The molecular formula is C29H46O6. The largest absolute Gasteiger partial charge is 0.478 e. The fraction of sp³-hybridized carbons (Fsp3) is 0.690. The Hall–Kier alpha value is -2.37. The van der Waals surface area contributed by atoms with Crippen LogP contribution in [0.2, 0.25) is 0 Å². The third-order valence-electron chi connectivity index (χ3n) is 6.02. The summed E-state index contributed by atoms with van der Waals surface area (Å²) >= 11 is 0. The van der Waals surface area contributed by atoms with Gasteiger partial charge in [-0.05, 0) is 42.9 Å². The maximum absolute atomic E-state index is 12.7. The minimum absolute atomic E-state index is 0.0469. The second-order valence-corrected chi connectivity index (χ2v) is 10.2. The first-order valence-corrected chi connectivity index (χ1v) is 13.4. The molecule has 1 rings (SSSR count). The van der Waals surface area contributed by atoms with Crippen molar-refractivity contribution in [2.45, 2.75) is 105 Å². The van der Waals surface area contributed by atoms with Crippen LogP contribution in [0.5, 0.6) is 0 Å². The highest BCUT2D eigenvalue weighted by Crippen LogP contribution is 2.17. The minimum Gasteiger partial charge on any atom is -0.478 e. The molecule has 0 saturated heterocycles. The van der Waals surface area contributed by atoms with Crippen molar-refractivity contribution in [3.63, 3.8) is 0 Å². The molecule has 6 heteroatoms. The summed E-state index contributed by atoms with van der Waals surface area (Å²) in [5.74, 6) is -1.04. The van der Waals surface area contributed by atoms with Crippen molar-refractivity contribution in [2.75, 3.05) is 13.2 Å². The van der Waals surface area contributed by atoms with Crippen LogP contribution in [0, 0.1) is 11.8 Å². The van der Waals surface area contributed by atoms with E-state index < -0.39 is 17.9 Å².